The number of benzene rings is 3. The van der Waals surface area contributed by atoms with E-state index in [1.165, 1.54) is 6.92 Å². The molecule has 0 spiro atoms. The van der Waals surface area contributed by atoms with E-state index in [1.54, 1.807) is 35.0 Å². The average Bonchev–Trinajstić information content (AvgIpc) is 2.99. The highest BCUT2D eigenvalue weighted by Gasteiger charge is 2.47. The van der Waals surface area contributed by atoms with Gasteiger partial charge in [-0.25, -0.2) is 0 Å². The van der Waals surface area contributed by atoms with E-state index in [-0.39, 0.29) is 18.8 Å². The Kier molecular flexibility index (Phi) is 9.05. The van der Waals surface area contributed by atoms with E-state index in [4.69, 9.17) is 18.9 Å². The topological polar surface area (TPSA) is 99.8 Å². The lowest BCUT2D eigenvalue weighted by Gasteiger charge is -2.44. The molecule has 0 bridgehead atoms. The molecule has 0 N–H and O–H groups in total. The Bertz CT molecular complexity index is 1670. The number of rotatable bonds is 10. The normalized spacial score (nSPS) is 16.9. The minimum atomic E-state index is -0.974. The highest BCUT2D eigenvalue weighted by atomic mass is 16.6. The van der Waals surface area contributed by atoms with Crippen molar-refractivity contribution >= 4 is 5.97 Å². The summed E-state index contributed by atoms with van der Waals surface area (Å²) in [4.78, 5) is 26.1. The van der Waals surface area contributed by atoms with Gasteiger partial charge in [-0.15, -0.1) is 0 Å². The smallest absolute Gasteiger partial charge is 0.303 e. The van der Waals surface area contributed by atoms with Crippen LogP contribution in [0.3, 0.4) is 0 Å². The fourth-order valence-electron chi connectivity index (χ4n) is 5.33. The van der Waals surface area contributed by atoms with Crippen LogP contribution in [0, 0.1) is 11.3 Å². The van der Waals surface area contributed by atoms with Crippen molar-refractivity contribution in [2.24, 2.45) is 0 Å². The van der Waals surface area contributed by atoms with E-state index < -0.39 is 23.7 Å². The fraction of sp³-hybridized carbons (Fsp3) is 0.286. The molecular weight excluding hydrogens is 544 g/mol. The first kappa shape index (κ1) is 29.8. The molecule has 4 aromatic rings. The molecule has 0 radical (unpaired) electrons. The number of carbonyl (C=O) groups is 1. The number of hydrogen-bond acceptors (Lipinski definition) is 7. The molecule has 8 heteroatoms. The van der Waals surface area contributed by atoms with Crippen molar-refractivity contribution in [3.05, 3.63) is 135 Å². The van der Waals surface area contributed by atoms with Crippen molar-refractivity contribution in [3.8, 4) is 11.8 Å². The number of ether oxygens (including phenoxy) is 4. The van der Waals surface area contributed by atoms with Crippen LogP contribution in [0.2, 0.25) is 0 Å². The maximum absolute atomic E-state index is 13.8. The molecule has 5 rings (SSSR count). The van der Waals surface area contributed by atoms with E-state index in [0.717, 1.165) is 16.7 Å². The first-order valence-electron chi connectivity index (χ1n) is 14.1. The Morgan fingerprint density at radius 2 is 1.49 bits per heavy atom. The molecule has 8 nitrogen and oxygen atoms in total. The summed E-state index contributed by atoms with van der Waals surface area (Å²) in [7, 11) is 0. The van der Waals surface area contributed by atoms with Crippen molar-refractivity contribution < 1.29 is 23.7 Å². The number of hydrogen-bond donors (Lipinski definition) is 0. The van der Waals surface area contributed by atoms with Gasteiger partial charge in [0.25, 0.3) is 5.56 Å². The van der Waals surface area contributed by atoms with Gasteiger partial charge in [0.15, 0.2) is 6.10 Å². The third-order valence-corrected chi connectivity index (χ3v) is 7.39. The van der Waals surface area contributed by atoms with Gasteiger partial charge in [-0.3, -0.25) is 9.59 Å². The van der Waals surface area contributed by atoms with Gasteiger partial charge in [0.2, 0.25) is 0 Å². The maximum atomic E-state index is 13.8. The van der Waals surface area contributed by atoms with Gasteiger partial charge < -0.3 is 23.5 Å². The van der Waals surface area contributed by atoms with Crippen LogP contribution in [0.25, 0.3) is 0 Å². The van der Waals surface area contributed by atoms with Crippen LogP contribution in [0.5, 0.6) is 5.75 Å². The summed E-state index contributed by atoms with van der Waals surface area (Å²) in [5, 5.41) is 9.63. The summed E-state index contributed by atoms with van der Waals surface area (Å²) < 4.78 is 25.7. The second-order valence-corrected chi connectivity index (χ2v) is 11.1. The predicted molar refractivity (Wildman–Crippen MR) is 160 cm³/mol. The Hall–Kier alpha value is -4.71. The lowest BCUT2D eigenvalue weighted by Crippen LogP contribution is -2.54. The van der Waals surface area contributed by atoms with Crippen molar-refractivity contribution in [2.45, 2.75) is 64.9 Å². The third kappa shape index (κ3) is 7.03. The zero-order valence-corrected chi connectivity index (χ0v) is 24.5. The van der Waals surface area contributed by atoms with E-state index >= 15 is 0 Å². The van der Waals surface area contributed by atoms with Gasteiger partial charge in [-0.1, -0.05) is 60.7 Å². The van der Waals surface area contributed by atoms with Crippen LogP contribution in [0.15, 0.2) is 95.9 Å². The summed E-state index contributed by atoms with van der Waals surface area (Å²) in [6, 6.07) is 27.7. The van der Waals surface area contributed by atoms with Gasteiger partial charge in [0.1, 0.15) is 17.4 Å². The van der Waals surface area contributed by atoms with Crippen LogP contribution < -0.4 is 10.3 Å². The van der Waals surface area contributed by atoms with Gasteiger partial charge >= 0.3 is 5.97 Å². The Morgan fingerprint density at radius 1 is 0.884 bits per heavy atom. The monoisotopic (exact) mass is 578 g/mol. The molecule has 1 aromatic heterocycles. The number of nitriles is 1. The molecule has 2 atom stereocenters. The van der Waals surface area contributed by atoms with Gasteiger partial charge in [0, 0.05) is 24.8 Å². The molecule has 0 saturated heterocycles. The zero-order chi connectivity index (χ0) is 30.4. The molecule has 0 saturated carbocycles. The van der Waals surface area contributed by atoms with Crippen molar-refractivity contribution in [3.63, 3.8) is 0 Å². The average molecular weight is 579 g/mol. The molecule has 43 heavy (non-hydrogen) atoms. The summed E-state index contributed by atoms with van der Waals surface area (Å²) in [5.41, 5.74) is 3.21. The summed E-state index contributed by atoms with van der Waals surface area (Å²) in [6.45, 7) is 6.16. The predicted octanol–water partition coefficient (Wildman–Crippen LogP) is 5.85. The van der Waals surface area contributed by atoms with Crippen molar-refractivity contribution in [1.29, 1.82) is 5.26 Å². The van der Waals surface area contributed by atoms with E-state index in [1.807, 2.05) is 74.5 Å². The summed E-state index contributed by atoms with van der Waals surface area (Å²) >= 11 is 0. The number of carbonyl (C=O) groups excluding carboxylic acids is 1. The first-order valence-corrected chi connectivity index (χ1v) is 14.1. The lowest BCUT2D eigenvalue weighted by molar-refractivity contribution is -0.163. The minimum absolute atomic E-state index is 0.205. The van der Waals surface area contributed by atoms with Crippen molar-refractivity contribution in [2.75, 3.05) is 0 Å². The SMILES string of the molecule is CC(=O)O[C@@H]1[C@@H](n2cc(COCc3ccccc3)c(COCc3ccccc3)cc2=O)c2cc(C#N)ccc2OC1(C)C. The molecule has 3 aromatic carbocycles. The zero-order valence-electron chi connectivity index (χ0n) is 24.5. The number of fused-ring (bicyclic) bond motifs is 1. The molecule has 0 aliphatic carbocycles. The highest BCUT2D eigenvalue weighted by molar-refractivity contribution is 5.66. The lowest BCUT2D eigenvalue weighted by atomic mass is 9.85. The second kappa shape index (κ2) is 13.1. The Labute approximate surface area is 251 Å². The van der Waals surface area contributed by atoms with Crippen LogP contribution in [0.1, 0.15) is 60.2 Å². The van der Waals surface area contributed by atoms with Gasteiger partial charge in [-0.2, -0.15) is 5.26 Å². The number of esters is 1. The highest BCUT2D eigenvalue weighted by Crippen LogP contribution is 2.43. The van der Waals surface area contributed by atoms with Crippen LogP contribution in [-0.4, -0.2) is 22.2 Å². The van der Waals surface area contributed by atoms with E-state index in [2.05, 4.69) is 6.07 Å². The molecular formula is C35H34N2O6. The molecule has 2 heterocycles. The number of pyridine rings is 1. The molecule has 220 valence electrons. The van der Waals surface area contributed by atoms with Crippen LogP contribution in [0.4, 0.5) is 0 Å². The Balaban J connectivity index is 1.55. The molecule has 0 fully saturated rings. The fourth-order valence-corrected chi connectivity index (χ4v) is 5.33. The number of nitrogens with zero attached hydrogens (tertiary/aromatic N) is 2. The summed E-state index contributed by atoms with van der Waals surface area (Å²) in [5.74, 6) is 0.0124. The molecule has 1 aliphatic heterocycles. The minimum Gasteiger partial charge on any atom is -0.484 e. The number of aromatic nitrogens is 1. The van der Waals surface area contributed by atoms with E-state index in [0.29, 0.717) is 35.7 Å². The summed E-state index contributed by atoms with van der Waals surface area (Å²) in [6.07, 6.45) is 0.891. The largest absolute Gasteiger partial charge is 0.484 e. The van der Waals surface area contributed by atoms with E-state index in [9.17, 15) is 14.9 Å². The quantitative estimate of drug-likeness (QED) is 0.218. The van der Waals surface area contributed by atoms with Gasteiger partial charge in [-0.05, 0) is 54.3 Å². The molecule has 0 amide bonds. The second-order valence-electron chi connectivity index (χ2n) is 11.1. The van der Waals surface area contributed by atoms with Crippen LogP contribution in [-0.2, 0) is 45.4 Å². The Morgan fingerprint density at radius 3 is 2.07 bits per heavy atom. The molecule has 1 aliphatic rings. The third-order valence-electron chi connectivity index (χ3n) is 7.39. The first-order chi connectivity index (χ1) is 20.7. The van der Waals surface area contributed by atoms with Crippen LogP contribution >= 0.6 is 0 Å². The maximum Gasteiger partial charge on any atom is 0.303 e. The standard InChI is InChI=1S/C35H34N2O6/c1-24(38)42-34-33(30-16-27(18-36)14-15-31(30)43-35(34,2)3)37-19-29(23-41-21-26-12-8-5-9-13-26)28(17-32(37)39)22-40-20-25-10-6-4-7-11-25/h4-17,19,33-34H,20-23H2,1-3H3/t33-,34+/m0/s1. The van der Waals surface area contributed by atoms with Gasteiger partial charge in [0.05, 0.1) is 38.1 Å². The molecule has 0 unspecified atom stereocenters. The van der Waals surface area contributed by atoms with Crippen molar-refractivity contribution in [1.82, 2.24) is 4.57 Å².